The standard InChI is InChI=1S/C14H18ClFO2/c1-12(2)8-14(17,13(3,4)18-12)10-7-9(16)5-6-11(10)15/h5-7,17H,8H2,1-4H3. The van der Waals surface area contributed by atoms with Crippen LogP contribution in [0.15, 0.2) is 18.2 Å². The molecule has 0 bridgehead atoms. The van der Waals surface area contributed by atoms with Crippen LogP contribution in [0.2, 0.25) is 5.02 Å². The number of aliphatic hydroxyl groups is 1. The third-order valence-corrected chi connectivity index (χ3v) is 3.91. The zero-order valence-electron chi connectivity index (χ0n) is 11.1. The number of hydrogen-bond donors (Lipinski definition) is 1. The molecule has 1 aromatic rings. The highest BCUT2D eigenvalue weighted by molar-refractivity contribution is 6.31. The minimum absolute atomic E-state index is 0.355. The minimum atomic E-state index is -1.30. The van der Waals surface area contributed by atoms with Gasteiger partial charge in [0.15, 0.2) is 0 Å². The zero-order valence-corrected chi connectivity index (χ0v) is 11.8. The van der Waals surface area contributed by atoms with Crippen molar-refractivity contribution in [3.05, 3.63) is 34.6 Å². The summed E-state index contributed by atoms with van der Waals surface area (Å²) in [4.78, 5) is 0. The van der Waals surface area contributed by atoms with Gasteiger partial charge in [0.1, 0.15) is 11.4 Å². The van der Waals surface area contributed by atoms with E-state index in [9.17, 15) is 9.50 Å². The smallest absolute Gasteiger partial charge is 0.123 e. The highest BCUT2D eigenvalue weighted by Crippen LogP contribution is 2.52. The van der Waals surface area contributed by atoms with Crippen molar-refractivity contribution in [2.24, 2.45) is 0 Å². The van der Waals surface area contributed by atoms with Crippen LogP contribution < -0.4 is 0 Å². The molecule has 1 aliphatic heterocycles. The molecule has 1 saturated heterocycles. The summed E-state index contributed by atoms with van der Waals surface area (Å²) >= 11 is 6.10. The lowest BCUT2D eigenvalue weighted by Gasteiger charge is -2.36. The Kier molecular flexibility index (Phi) is 3.01. The predicted molar refractivity (Wildman–Crippen MR) is 69.2 cm³/mol. The van der Waals surface area contributed by atoms with Crippen LogP contribution in [0.5, 0.6) is 0 Å². The second kappa shape index (κ2) is 3.92. The van der Waals surface area contributed by atoms with E-state index in [0.29, 0.717) is 17.0 Å². The predicted octanol–water partition coefficient (Wildman–Crippen LogP) is 3.64. The lowest BCUT2D eigenvalue weighted by molar-refractivity contribution is -0.129. The summed E-state index contributed by atoms with van der Waals surface area (Å²) in [6, 6.07) is 4.03. The molecular formula is C14H18ClFO2. The Hall–Kier alpha value is -0.640. The van der Waals surface area contributed by atoms with E-state index in [-0.39, 0.29) is 0 Å². The topological polar surface area (TPSA) is 29.5 Å². The molecule has 1 fully saturated rings. The van der Waals surface area contributed by atoms with Crippen molar-refractivity contribution in [3.8, 4) is 0 Å². The van der Waals surface area contributed by atoms with Gasteiger partial charge in [-0.2, -0.15) is 0 Å². The molecule has 0 amide bonds. The van der Waals surface area contributed by atoms with Gasteiger partial charge >= 0.3 is 0 Å². The van der Waals surface area contributed by atoms with Crippen LogP contribution in [0.25, 0.3) is 0 Å². The second-order valence-corrected chi connectivity index (χ2v) is 6.44. The van der Waals surface area contributed by atoms with E-state index < -0.39 is 22.6 Å². The van der Waals surface area contributed by atoms with E-state index >= 15 is 0 Å². The fourth-order valence-electron chi connectivity index (χ4n) is 2.87. The molecule has 18 heavy (non-hydrogen) atoms. The van der Waals surface area contributed by atoms with Gasteiger partial charge in [-0.15, -0.1) is 0 Å². The van der Waals surface area contributed by atoms with Crippen LogP contribution >= 0.6 is 11.6 Å². The summed E-state index contributed by atoms with van der Waals surface area (Å²) in [6.07, 6.45) is 0.371. The van der Waals surface area contributed by atoms with Crippen molar-refractivity contribution in [1.82, 2.24) is 0 Å². The van der Waals surface area contributed by atoms with Crippen LogP contribution in [0.1, 0.15) is 39.7 Å². The molecular weight excluding hydrogens is 255 g/mol. The lowest BCUT2D eigenvalue weighted by atomic mass is 9.77. The van der Waals surface area contributed by atoms with Crippen molar-refractivity contribution in [2.75, 3.05) is 0 Å². The highest BCUT2D eigenvalue weighted by atomic mass is 35.5. The number of hydrogen-bond acceptors (Lipinski definition) is 2. The first-order chi connectivity index (χ1) is 8.07. The molecule has 2 rings (SSSR count). The van der Waals surface area contributed by atoms with Crippen LogP contribution in [-0.2, 0) is 10.3 Å². The summed E-state index contributed by atoms with van der Waals surface area (Å²) in [6.45, 7) is 7.39. The third kappa shape index (κ3) is 2.04. The summed E-state index contributed by atoms with van der Waals surface area (Å²) in [7, 11) is 0. The molecule has 0 aliphatic carbocycles. The van der Waals surface area contributed by atoms with Crippen molar-refractivity contribution in [2.45, 2.75) is 50.9 Å². The van der Waals surface area contributed by atoms with Crippen LogP contribution in [-0.4, -0.2) is 16.3 Å². The third-order valence-electron chi connectivity index (χ3n) is 3.58. The maximum Gasteiger partial charge on any atom is 0.123 e. The Labute approximate surface area is 112 Å². The first kappa shape index (κ1) is 13.8. The molecule has 0 radical (unpaired) electrons. The van der Waals surface area contributed by atoms with Gasteiger partial charge in [-0.05, 0) is 45.9 Å². The average Bonchev–Trinajstić information content (AvgIpc) is 2.35. The van der Waals surface area contributed by atoms with Gasteiger partial charge < -0.3 is 9.84 Å². The van der Waals surface area contributed by atoms with E-state index in [1.807, 2.05) is 13.8 Å². The van der Waals surface area contributed by atoms with Gasteiger partial charge in [0.05, 0.1) is 11.2 Å². The largest absolute Gasteiger partial charge is 0.382 e. The van der Waals surface area contributed by atoms with Crippen molar-refractivity contribution >= 4 is 11.6 Å². The van der Waals surface area contributed by atoms with E-state index in [2.05, 4.69) is 0 Å². The Morgan fingerprint density at radius 2 is 1.89 bits per heavy atom. The minimum Gasteiger partial charge on any atom is -0.382 e. The molecule has 100 valence electrons. The normalized spacial score (nSPS) is 29.5. The van der Waals surface area contributed by atoms with E-state index in [4.69, 9.17) is 16.3 Å². The van der Waals surface area contributed by atoms with E-state index in [1.54, 1.807) is 13.8 Å². The Morgan fingerprint density at radius 3 is 2.39 bits per heavy atom. The first-order valence-electron chi connectivity index (χ1n) is 5.95. The van der Waals surface area contributed by atoms with Crippen LogP contribution in [0.4, 0.5) is 4.39 Å². The van der Waals surface area contributed by atoms with Crippen LogP contribution in [0.3, 0.4) is 0 Å². The monoisotopic (exact) mass is 272 g/mol. The molecule has 0 spiro atoms. The molecule has 1 unspecified atom stereocenters. The Bertz CT molecular complexity index is 485. The summed E-state index contributed by atoms with van der Waals surface area (Å²) in [5, 5.41) is 11.3. The van der Waals surface area contributed by atoms with Crippen molar-refractivity contribution in [1.29, 1.82) is 0 Å². The quantitative estimate of drug-likeness (QED) is 0.846. The molecule has 1 aliphatic rings. The molecule has 2 nitrogen and oxygen atoms in total. The summed E-state index contributed by atoms with van der Waals surface area (Å²) in [5.74, 6) is -0.414. The number of benzene rings is 1. The summed E-state index contributed by atoms with van der Waals surface area (Å²) < 4.78 is 19.3. The van der Waals surface area contributed by atoms with Gasteiger partial charge in [0, 0.05) is 17.0 Å². The molecule has 1 heterocycles. The fraction of sp³-hybridized carbons (Fsp3) is 0.571. The molecule has 1 N–H and O–H groups in total. The van der Waals surface area contributed by atoms with Crippen molar-refractivity contribution in [3.63, 3.8) is 0 Å². The maximum absolute atomic E-state index is 13.4. The van der Waals surface area contributed by atoms with Gasteiger partial charge in [-0.3, -0.25) is 0 Å². The first-order valence-corrected chi connectivity index (χ1v) is 6.33. The number of ether oxygens (including phenoxy) is 1. The van der Waals surface area contributed by atoms with Gasteiger partial charge in [-0.25, -0.2) is 4.39 Å². The van der Waals surface area contributed by atoms with Gasteiger partial charge in [0.25, 0.3) is 0 Å². The van der Waals surface area contributed by atoms with E-state index in [1.165, 1.54) is 18.2 Å². The second-order valence-electron chi connectivity index (χ2n) is 6.03. The molecule has 1 aromatic carbocycles. The molecule has 4 heteroatoms. The zero-order chi connectivity index (χ0) is 13.8. The number of rotatable bonds is 1. The molecule has 0 saturated carbocycles. The van der Waals surface area contributed by atoms with Gasteiger partial charge in [-0.1, -0.05) is 11.6 Å². The SMILES string of the molecule is CC1(C)CC(O)(c2cc(F)ccc2Cl)C(C)(C)O1. The molecule has 0 aromatic heterocycles. The Morgan fingerprint density at radius 1 is 1.28 bits per heavy atom. The maximum atomic E-state index is 13.4. The van der Waals surface area contributed by atoms with Gasteiger partial charge in [0.2, 0.25) is 0 Å². The molecule has 1 atom stereocenters. The van der Waals surface area contributed by atoms with Crippen LogP contribution in [0, 0.1) is 5.82 Å². The average molecular weight is 273 g/mol. The Balaban J connectivity index is 2.58. The number of halogens is 2. The highest BCUT2D eigenvalue weighted by Gasteiger charge is 2.58. The van der Waals surface area contributed by atoms with E-state index in [0.717, 1.165) is 0 Å². The lowest BCUT2D eigenvalue weighted by Crippen LogP contribution is -2.43. The fourth-order valence-corrected chi connectivity index (χ4v) is 3.15. The summed E-state index contributed by atoms with van der Waals surface area (Å²) in [5.41, 5.74) is -2.21. The van der Waals surface area contributed by atoms with Crippen molar-refractivity contribution < 1.29 is 14.2 Å².